The van der Waals surface area contributed by atoms with Crippen molar-refractivity contribution < 1.29 is 19.1 Å². The smallest absolute Gasteiger partial charge is 0.359 e. The van der Waals surface area contributed by atoms with Gasteiger partial charge in [-0.2, -0.15) is 4.39 Å². The van der Waals surface area contributed by atoms with Crippen LogP contribution in [0.15, 0.2) is 0 Å². The molecule has 0 radical (unpaired) electrons. The van der Waals surface area contributed by atoms with Crippen LogP contribution in [0.4, 0.5) is 9.18 Å². The predicted molar refractivity (Wildman–Crippen MR) is 42.1 cm³/mol. The van der Waals surface area contributed by atoms with Gasteiger partial charge in [0.15, 0.2) is 7.98 Å². The summed E-state index contributed by atoms with van der Waals surface area (Å²) >= 11 is 0.343. The maximum Gasteiger partial charge on any atom is 0.359 e. The van der Waals surface area contributed by atoms with E-state index < -0.39 is 17.4 Å². The number of hydrogen-bond acceptors (Lipinski definition) is 4. The van der Waals surface area contributed by atoms with Crippen LogP contribution in [-0.4, -0.2) is 36.2 Å². The molecule has 0 saturated heterocycles. The van der Waals surface area contributed by atoms with Crippen LogP contribution in [0.5, 0.6) is 0 Å². The summed E-state index contributed by atoms with van der Waals surface area (Å²) < 4.78 is 11.6. The van der Waals surface area contributed by atoms with Gasteiger partial charge in [-0.25, -0.2) is 4.79 Å². The number of carbonyl (C=O) groups excluding carboxylic acids is 1. The third kappa shape index (κ3) is 4.80. The third-order valence-corrected chi connectivity index (χ3v) is 1.74. The number of carboxylic acids is 1. The van der Waals surface area contributed by atoms with Crippen molar-refractivity contribution >= 4 is 31.1 Å². The number of hydrogen-bond donors (Lipinski definition) is 2. The van der Waals surface area contributed by atoms with Crippen LogP contribution in [0, 0.1) is 0 Å². The Labute approximate surface area is 68.0 Å². The lowest BCUT2D eigenvalue weighted by Crippen LogP contribution is -2.37. The van der Waals surface area contributed by atoms with Gasteiger partial charge in [-0.1, -0.05) is 0 Å². The minimum Gasteiger partial charge on any atom is -0.480 e. The Hall–Kier alpha value is -0.555. The first kappa shape index (κ1) is 10.4. The Morgan fingerprint density at radius 3 is 2.55 bits per heavy atom. The second-order valence-electron chi connectivity index (χ2n) is 1.73. The molecule has 4 nitrogen and oxygen atoms in total. The molecule has 0 amide bonds. The van der Waals surface area contributed by atoms with E-state index in [1.54, 1.807) is 0 Å². The lowest BCUT2D eigenvalue weighted by atomic mass is 10.3. The Morgan fingerprint density at radius 1 is 1.73 bits per heavy atom. The van der Waals surface area contributed by atoms with Crippen LogP contribution in [0.3, 0.4) is 0 Å². The molecule has 0 rings (SSSR count). The van der Waals surface area contributed by atoms with E-state index in [1.807, 2.05) is 0 Å². The predicted octanol–water partition coefficient (Wildman–Crippen LogP) is -0.600. The van der Waals surface area contributed by atoms with E-state index in [0.717, 1.165) is 0 Å². The average Bonchev–Trinajstić information content (AvgIpc) is 1.87. The Bertz CT molecular complexity index is 167. The van der Waals surface area contributed by atoms with Crippen LogP contribution in [-0.2, 0) is 4.79 Å². The third-order valence-electron chi connectivity index (χ3n) is 1.01. The van der Waals surface area contributed by atoms with Gasteiger partial charge in [-0.05, 0) is 11.8 Å². The minimum absolute atomic E-state index is 0.0961. The summed E-state index contributed by atoms with van der Waals surface area (Å²) in [6, 6.07) is -0.875. The summed E-state index contributed by atoms with van der Waals surface area (Å²) in [5.74, 6) is -1.19. The normalized spacial score (nSPS) is 12.5. The topological polar surface area (TPSA) is 66.4 Å². The molecule has 0 aliphatic carbocycles. The fraction of sp³-hybridized carbons (Fsp3) is 0.500. The lowest BCUT2D eigenvalue weighted by molar-refractivity contribution is -0.138. The van der Waals surface area contributed by atoms with Crippen molar-refractivity contribution in [3.8, 4) is 0 Å². The zero-order valence-electron chi connectivity index (χ0n) is 5.83. The van der Waals surface area contributed by atoms with E-state index in [4.69, 9.17) is 5.11 Å². The first-order valence-corrected chi connectivity index (χ1v) is 3.78. The molecular formula is C4H7BFNO3S. The van der Waals surface area contributed by atoms with Crippen molar-refractivity contribution in [3.05, 3.63) is 0 Å². The molecule has 0 heterocycles. The largest absolute Gasteiger partial charge is 0.480 e. The maximum absolute atomic E-state index is 11.6. The molecule has 0 spiro atoms. The second-order valence-corrected chi connectivity index (χ2v) is 2.67. The summed E-state index contributed by atoms with van der Waals surface area (Å²) in [5.41, 5.74) is 0. The summed E-state index contributed by atoms with van der Waals surface area (Å²) in [6.45, 7) is 0. The average molecular weight is 179 g/mol. The Balaban J connectivity index is 3.70. The van der Waals surface area contributed by atoms with E-state index in [0.29, 0.717) is 11.8 Å². The highest BCUT2D eigenvalue weighted by Crippen LogP contribution is 2.06. The Morgan fingerprint density at radius 2 is 2.27 bits per heavy atom. The van der Waals surface area contributed by atoms with Crippen LogP contribution < -0.4 is 5.23 Å². The van der Waals surface area contributed by atoms with Crippen LogP contribution >= 0.6 is 11.8 Å². The van der Waals surface area contributed by atoms with Gasteiger partial charge < -0.3 is 10.3 Å². The van der Waals surface area contributed by atoms with Crippen molar-refractivity contribution in [2.24, 2.45) is 0 Å². The molecule has 11 heavy (non-hydrogen) atoms. The Kier molecular flexibility index (Phi) is 4.88. The van der Waals surface area contributed by atoms with E-state index in [1.165, 1.54) is 7.98 Å². The monoisotopic (exact) mass is 179 g/mol. The van der Waals surface area contributed by atoms with Gasteiger partial charge in [0, 0.05) is 5.75 Å². The van der Waals surface area contributed by atoms with E-state index >= 15 is 0 Å². The molecule has 0 saturated carbocycles. The van der Waals surface area contributed by atoms with Crippen molar-refractivity contribution in [2.75, 3.05) is 5.75 Å². The number of rotatable bonds is 4. The van der Waals surface area contributed by atoms with Gasteiger partial charge in [-0.15, -0.1) is 0 Å². The number of carbonyl (C=O) groups is 2. The van der Waals surface area contributed by atoms with E-state index in [9.17, 15) is 14.0 Å². The summed E-state index contributed by atoms with van der Waals surface area (Å²) in [5, 5.41) is 9.23. The molecule has 62 valence electrons. The van der Waals surface area contributed by atoms with Gasteiger partial charge in [0.25, 0.3) is 0 Å². The van der Waals surface area contributed by atoms with Gasteiger partial charge >= 0.3 is 11.3 Å². The molecule has 0 bridgehead atoms. The highest BCUT2D eigenvalue weighted by Gasteiger charge is 2.15. The minimum atomic E-state index is -1.56. The molecule has 0 aliphatic rings. The molecule has 1 atom stereocenters. The van der Waals surface area contributed by atoms with E-state index in [-0.39, 0.29) is 5.75 Å². The highest BCUT2D eigenvalue weighted by atomic mass is 32.2. The molecule has 0 unspecified atom stereocenters. The number of aliphatic carboxylic acids is 1. The second kappa shape index (κ2) is 5.14. The standard InChI is InChI=1S/C4H7BFNO3S/c5-7-2(3(8)9)1-11-4(6)10/h2,7H,1,5H2,(H,8,9)/t2-/m0/s1. The first-order valence-electron chi connectivity index (χ1n) is 2.80. The van der Waals surface area contributed by atoms with Gasteiger partial charge in [0.1, 0.15) is 6.04 Å². The zero-order chi connectivity index (χ0) is 8.85. The maximum atomic E-state index is 11.6. The van der Waals surface area contributed by atoms with Gasteiger partial charge in [-0.3, -0.25) is 4.79 Å². The van der Waals surface area contributed by atoms with Crippen LogP contribution in [0.25, 0.3) is 0 Å². The number of nitrogens with one attached hydrogen (secondary N) is 1. The zero-order valence-corrected chi connectivity index (χ0v) is 6.65. The molecule has 7 heteroatoms. The first-order chi connectivity index (χ1) is 5.07. The van der Waals surface area contributed by atoms with Crippen molar-refractivity contribution in [1.82, 2.24) is 5.23 Å². The SMILES string of the molecule is BN[C@@H](CSC(=O)F)C(=O)O. The van der Waals surface area contributed by atoms with Gasteiger partial charge in [0.2, 0.25) is 0 Å². The number of halogens is 1. The molecule has 0 aromatic rings. The van der Waals surface area contributed by atoms with Gasteiger partial charge in [0.05, 0.1) is 0 Å². The molecule has 0 aliphatic heterocycles. The van der Waals surface area contributed by atoms with E-state index in [2.05, 4.69) is 5.23 Å². The van der Waals surface area contributed by atoms with Crippen LogP contribution in [0.1, 0.15) is 0 Å². The summed E-state index contributed by atoms with van der Waals surface area (Å²) in [4.78, 5) is 20.0. The molecule has 0 aromatic carbocycles. The number of thioether (sulfide) groups is 1. The van der Waals surface area contributed by atoms with Crippen molar-refractivity contribution in [1.29, 1.82) is 0 Å². The molecule has 0 fully saturated rings. The van der Waals surface area contributed by atoms with Crippen LogP contribution in [0.2, 0.25) is 0 Å². The molecule has 0 aromatic heterocycles. The van der Waals surface area contributed by atoms with Crippen molar-refractivity contribution in [2.45, 2.75) is 6.04 Å². The van der Waals surface area contributed by atoms with Crippen molar-refractivity contribution in [3.63, 3.8) is 0 Å². The fourth-order valence-corrected chi connectivity index (χ4v) is 1.03. The summed E-state index contributed by atoms with van der Waals surface area (Å²) in [6.07, 6.45) is 0. The quantitative estimate of drug-likeness (QED) is 0.445. The molecular weight excluding hydrogens is 172 g/mol. The highest BCUT2D eigenvalue weighted by molar-refractivity contribution is 8.13. The number of carboxylic acid groups (broad SMARTS) is 1. The summed E-state index contributed by atoms with van der Waals surface area (Å²) in [7, 11) is 1.43. The fourth-order valence-electron chi connectivity index (χ4n) is 0.427. The lowest BCUT2D eigenvalue weighted by Gasteiger charge is -2.07. The molecule has 2 N–H and O–H groups in total.